The van der Waals surface area contributed by atoms with E-state index in [1.165, 1.54) is 12.1 Å². The molecule has 1 aliphatic rings. The molecule has 2 atom stereocenters. The Bertz CT molecular complexity index is 569. The van der Waals surface area contributed by atoms with Crippen LogP contribution in [0.2, 0.25) is 0 Å². The van der Waals surface area contributed by atoms with E-state index in [1.54, 1.807) is 6.92 Å². The molecule has 4 nitrogen and oxygen atoms in total. The summed E-state index contributed by atoms with van der Waals surface area (Å²) in [5, 5.41) is 3.32. The lowest BCUT2D eigenvalue weighted by Gasteiger charge is -2.29. The van der Waals surface area contributed by atoms with Crippen LogP contribution in [0.4, 0.5) is 4.39 Å². The summed E-state index contributed by atoms with van der Waals surface area (Å²) in [5.41, 5.74) is 0.544. The van der Waals surface area contributed by atoms with Gasteiger partial charge in [0.2, 0.25) is 10.0 Å². The van der Waals surface area contributed by atoms with E-state index < -0.39 is 15.8 Å². The summed E-state index contributed by atoms with van der Waals surface area (Å²) in [7, 11) is -3.69. The van der Waals surface area contributed by atoms with Crippen molar-refractivity contribution < 1.29 is 12.8 Å². The Hall–Kier alpha value is -0.980. The van der Waals surface area contributed by atoms with Crippen LogP contribution in [0, 0.1) is 12.7 Å². The molecule has 0 saturated carbocycles. The van der Waals surface area contributed by atoms with Gasteiger partial charge in [0, 0.05) is 12.1 Å². The summed E-state index contributed by atoms with van der Waals surface area (Å²) in [6, 6.07) is 3.72. The number of nitrogens with one attached hydrogen (secondary N) is 2. The van der Waals surface area contributed by atoms with Gasteiger partial charge in [-0.1, -0.05) is 12.5 Å². The molecule has 2 N–H and O–H groups in total. The Labute approximate surface area is 119 Å². The van der Waals surface area contributed by atoms with Crippen LogP contribution in [0.5, 0.6) is 0 Å². The zero-order valence-corrected chi connectivity index (χ0v) is 12.6. The van der Waals surface area contributed by atoms with E-state index in [1.807, 2.05) is 6.92 Å². The van der Waals surface area contributed by atoms with Gasteiger partial charge in [-0.3, -0.25) is 0 Å². The lowest BCUT2D eigenvalue weighted by Crippen LogP contribution is -2.50. The second-order valence-electron chi connectivity index (χ2n) is 5.38. The smallest absolute Gasteiger partial charge is 0.241 e. The summed E-state index contributed by atoms with van der Waals surface area (Å²) in [5.74, 6) is -0.542. The molecule has 1 aliphatic heterocycles. The number of benzene rings is 1. The lowest BCUT2D eigenvalue weighted by atomic mass is 10.00. The van der Waals surface area contributed by atoms with Crippen molar-refractivity contribution in [3.63, 3.8) is 0 Å². The van der Waals surface area contributed by atoms with Gasteiger partial charge in [-0.05, 0) is 50.9 Å². The number of halogens is 1. The zero-order valence-electron chi connectivity index (χ0n) is 11.8. The molecule has 1 heterocycles. The highest BCUT2D eigenvalue weighted by molar-refractivity contribution is 7.89. The van der Waals surface area contributed by atoms with E-state index in [9.17, 15) is 12.8 Å². The highest BCUT2D eigenvalue weighted by atomic mass is 32.2. The second kappa shape index (κ2) is 6.20. The zero-order chi connectivity index (χ0) is 14.8. The SMILES string of the molecule is Cc1ccc(F)cc1S(=O)(=O)NC(C)C1CCCCN1. The highest BCUT2D eigenvalue weighted by Gasteiger charge is 2.26. The number of aryl methyl sites for hydroxylation is 1. The molecule has 1 saturated heterocycles. The molecule has 20 heavy (non-hydrogen) atoms. The maximum absolute atomic E-state index is 13.3. The van der Waals surface area contributed by atoms with Crippen LogP contribution in [0.1, 0.15) is 31.7 Å². The molecule has 0 radical (unpaired) electrons. The Kier molecular flexibility index (Phi) is 4.78. The first-order valence-electron chi connectivity index (χ1n) is 6.92. The number of sulfonamides is 1. The summed E-state index contributed by atoms with van der Waals surface area (Å²) in [6.45, 7) is 4.42. The molecule has 0 amide bonds. The quantitative estimate of drug-likeness (QED) is 0.893. The first-order valence-corrected chi connectivity index (χ1v) is 8.40. The van der Waals surface area contributed by atoms with Gasteiger partial charge in [-0.2, -0.15) is 0 Å². The van der Waals surface area contributed by atoms with E-state index in [4.69, 9.17) is 0 Å². The fourth-order valence-electron chi connectivity index (χ4n) is 2.56. The van der Waals surface area contributed by atoms with E-state index in [2.05, 4.69) is 10.0 Å². The fraction of sp³-hybridized carbons (Fsp3) is 0.571. The molecule has 1 aromatic carbocycles. The van der Waals surface area contributed by atoms with Crippen LogP contribution >= 0.6 is 0 Å². The minimum absolute atomic E-state index is 0.0140. The predicted molar refractivity (Wildman–Crippen MR) is 76.6 cm³/mol. The number of piperidine rings is 1. The van der Waals surface area contributed by atoms with Crippen molar-refractivity contribution in [2.24, 2.45) is 0 Å². The van der Waals surface area contributed by atoms with Crippen LogP contribution < -0.4 is 10.0 Å². The van der Waals surface area contributed by atoms with Crippen molar-refractivity contribution in [3.8, 4) is 0 Å². The first-order chi connectivity index (χ1) is 9.40. The Morgan fingerprint density at radius 2 is 2.15 bits per heavy atom. The summed E-state index contributed by atoms with van der Waals surface area (Å²) in [6.07, 6.45) is 3.17. The van der Waals surface area contributed by atoms with Crippen LogP contribution in [0.25, 0.3) is 0 Å². The average molecular weight is 300 g/mol. The van der Waals surface area contributed by atoms with Crippen LogP contribution in [0.3, 0.4) is 0 Å². The third-order valence-electron chi connectivity index (χ3n) is 3.73. The fourth-order valence-corrected chi connectivity index (χ4v) is 4.10. The standard InChI is InChI=1S/C14H21FN2O2S/c1-10-6-7-12(15)9-14(10)20(18,19)17-11(2)13-5-3-4-8-16-13/h6-7,9,11,13,16-17H,3-5,8H2,1-2H3. The topological polar surface area (TPSA) is 58.2 Å². The molecule has 0 aromatic heterocycles. The molecule has 112 valence electrons. The molecule has 2 unspecified atom stereocenters. The van der Waals surface area contributed by atoms with Gasteiger partial charge >= 0.3 is 0 Å². The number of hydrogen-bond donors (Lipinski definition) is 2. The maximum atomic E-state index is 13.3. The van der Waals surface area contributed by atoms with Crippen molar-refractivity contribution in [2.75, 3.05) is 6.54 Å². The van der Waals surface area contributed by atoms with Gasteiger partial charge in [-0.25, -0.2) is 17.5 Å². The molecule has 1 fully saturated rings. The molecular weight excluding hydrogens is 279 g/mol. The van der Waals surface area contributed by atoms with Gasteiger partial charge in [0.25, 0.3) is 0 Å². The largest absolute Gasteiger partial charge is 0.312 e. The minimum Gasteiger partial charge on any atom is -0.312 e. The Morgan fingerprint density at radius 1 is 1.40 bits per heavy atom. The van der Waals surface area contributed by atoms with Crippen molar-refractivity contribution in [1.82, 2.24) is 10.0 Å². The van der Waals surface area contributed by atoms with Gasteiger partial charge in [-0.15, -0.1) is 0 Å². The third kappa shape index (κ3) is 3.56. The number of rotatable bonds is 4. The van der Waals surface area contributed by atoms with Crippen LogP contribution in [-0.4, -0.2) is 27.0 Å². The van der Waals surface area contributed by atoms with Crippen molar-refractivity contribution >= 4 is 10.0 Å². The van der Waals surface area contributed by atoms with Gasteiger partial charge in [0.1, 0.15) is 5.82 Å². The van der Waals surface area contributed by atoms with Crippen molar-refractivity contribution in [1.29, 1.82) is 0 Å². The second-order valence-corrected chi connectivity index (χ2v) is 7.06. The van der Waals surface area contributed by atoms with E-state index in [0.717, 1.165) is 31.9 Å². The van der Waals surface area contributed by atoms with Gasteiger partial charge in [0.15, 0.2) is 0 Å². The highest BCUT2D eigenvalue weighted by Crippen LogP contribution is 2.18. The summed E-state index contributed by atoms with van der Waals surface area (Å²) < 4.78 is 40.6. The van der Waals surface area contributed by atoms with E-state index >= 15 is 0 Å². The monoisotopic (exact) mass is 300 g/mol. The Morgan fingerprint density at radius 3 is 2.80 bits per heavy atom. The van der Waals surface area contributed by atoms with E-state index in [0.29, 0.717) is 5.56 Å². The maximum Gasteiger partial charge on any atom is 0.241 e. The minimum atomic E-state index is -3.69. The first kappa shape index (κ1) is 15.4. The molecule has 0 spiro atoms. The average Bonchev–Trinajstić information content (AvgIpc) is 2.42. The molecule has 0 aliphatic carbocycles. The van der Waals surface area contributed by atoms with Crippen molar-refractivity contribution in [3.05, 3.63) is 29.6 Å². The molecule has 0 bridgehead atoms. The van der Waals surface area contributed by atoms with Crippen LogP contribution in [0.15, 0.2) is 23.1 Å². The molecule has 2 rings (SSSR count). The normalized spacial score (nSPS) is 21.6. The van der Waals surface area contributed by atoms with Crippen LogP contribution in [-0.2, 0) is 10.0 Å². The lowest BCUT2D eigenvalue weighted by molar-refractivity contribution is 0.347. The summed E-state index contributed by atoms with van der Waals surface area (Å²) in [4.78, 5) is 0.0140. The van der Waals surface area contributed by atoms with Crippen molar-refractivity contribution in [2.45, 2.75) is 50.1 Å². The number of hydrogen-bond acceptors (Lipinski definition) is 3. The Balaban J connectivity index is 2.16. The summed E-state index contributed by atoms with van der Waals surface area (Å²) >= 11 is 0. The van der Waals surface area contributed by atoms with Gasteiger partial charge < -0.3 is 5.32 Å². The third-order valence-corrected chi connectivity index (χ3v) is 5.43. The molecule has 1 aromatic rings. The van der Waals surface area contributed by atoms with Gasteiger partial charge in [0.05, 0.1) is 4.90 Å². The molecular formula is C14H21FN2O2S. The predicted octanol–water partition coefficient (Wildman–Crippen LogP) is 1.94. The molecule has 6 heteroatoms. The van der Waals surface area contributed by atoms with E-state index in [-0.39, 0.29) is 17.0 Å².